The van der Waals surface area contributed by atoms with Gasteiger partial charge in [0.05, 0.1) is 18.6 Å². The van der Waals surface area contributed by atoms with Crippen molar-refractivity contribution in [1.82, 2.24) is 9.80 Å². The van der Waals surface area contributed by atoms with Crippen LogP contribution in [0.4, 0.5) is 4.39 Å². The maximum absolute atomic E-state index is 13.1. The van der Waals surface area contributed by atoms with Crippen molar-refractivity contribution in [2.45, 2.75) is 37.7 Å². The van der Waals surface area contributed by atoms with E-state index in [1.165, 1.54) is 25.0 Å². The zero-order chi connectivity index (χ0) is 17.2. The second-order valence-electron chi connectivity index (χ2n) is 7.04. The van der Waals surface area contributed by atoms with E-state index in [1.807, 2.05) is 0 Å². The molecule has 2 fully saturated rings. The molecule has 3 rings (SSSR count). The first kappa shape index (κ1) is 17.6. The van der Waals surface area contributed by atoms with Gasteiger partial charge < -0.3 is 14.9 Å². The number of hydrogen-bond donors (Lipinski definition) is 1. The highest BCUT2D eigenvalue weighted by Crippen LogP contribution is 2.25. The highest BCUT2D eigenvalue weighted by molar-refractivity contribution is 6.31. The van der Waals surface area contributed by atoms with Crippen molar-refractivity contribution in [1.29, 1.82) is 0 Å². The van der Waals surface area contributed by atoms with Crippen LogP contribution in [-0.2, 0) is 11.2 Å². The molecule has 2 aliphatic heterocycles. The van der Waals surface area contributed by atoms with Gasteiger partial charge in [0.2, 0.25) is 5.91 Å². The first-order valence-corrected chi connectivity index (χ1v) is 8.99. The van der Waals surface area contributed by atoms with E-state index in [9.17, 15) is 14.3 Å². The molecule has 2 saturated heterocycles. The summed E-state index contributed by atoms with van der Waals surface area (Å²) in [6.07, 6.45) is 4.03. The van der Waals surface area contributed by atoms with Gasteiger partial charge in [-0.2, -0.15) is 0 Å². The maximum Gasteiger partial charge on any atom is 0.227 e. The Bertz CT molecular complexity index is 607. The number of halogens is 2. The molecule has 4 nitrogen and oxygen atoms in total. The van der Waals surface area contributed by atoms with Gasteiger partial charge in [-0.1, -0.05) is 17.7 Å². The fraction of sp³-hybridized carbons (Fsp3) is 0.611. The summed E-state index contributed by atoms with van der Waals surface area (Å²) in [4.78, 5) is 16.6. The Morgan fingerprint density at radius 2 is 2.00 bits per heavy atom. The minimum absolute atomic E-state index is 0.0666. The van der Waals surface area contributed by atoms with Crippen molar-refractivity contribution >= 4 is 17.5 Å². The van der Waals surface area contributed by atoms with Gasteiger partial charge in [0.1, 0.15) is 5.82 Å². The Balaban J connectivity index is 1.61. The highest BCUT2D eigenvalue weighted by Gasteiger charge is 2.37. The summed E-state index contributed by atoms with van der Waals surface area (Å²) >= 11 is 6.02. The third-order valence-corrected chi connectivity index (χ3v) is 5.33. The maximum atomic E-state index is 13.1. The van der Waals surface area contributed by atoms with Crippen molar-refractivity contribution in [2.24, 2.45) is 0 Å². The van der Waals surface area contributed by atoms with Crippen LogP contribution in [0.25, 0.3) is 0 Å². The van der Waals surface area contributed by atoms with Crippen LogP contribution in [0.15, 0.2) is 18.2 Å². The van der Waals surface area contributed by atoms with E-state index in [4.69, 9.17) is 11.6 Å². The highest BCUT2D eigenvalue weighted by atomic mass is 35.5. The molecular weight excluding hydrogens is 331 g/mol. The molecule has 132 valence electrons. The van der Waals surface area contributed by atoms with Gasteiger partial charge in [0, 0.05) is 18.1 Å². The lowest BCUT2D eigenvalue weighted by atomic mass is 9.91. The standard InChI is InChI=1S/C18H24ClFN2O2/c19-16-11-15(20)5-4-14(16)10-17(23)22-9-3-6-18(24,13-22)12-21-7-1-2-8-21/h4-5,11,24H,1-3,6-10,12-13H2. The quantitative estimate of drug-likeness (QED) is 0.903. The van der Waals surface area contributed by atoms with Gasteiger partial charge in [-0.3, -0.25) is 4.79 Å². The summed E-state index contributed by atoms with van der Waals surface area (Å²) in [6, 6.07) is 4.09. The fourth-order valence-corrected chi connectivity index (χ4v) is 3.99. The lowest BCUT2D eigenvalue weighted by molar-refractivity contribution is -0.138. The second-order valence-corrected chi connectivity index (χ2v) is 7.45. The second kappa shape index (κ2) is 7.38. The predicted molar refractivity (Wildman–Crippen MR) is 91.6 cm³/mol. The van der Waals surface area contributed by atoms with Gasteiger partial charge >= 0.3 is 0 Å². The number of carbonyl (C=O) groups excluding carboxylic acids is 1. The SMILES string of the molecule is O=C(Cc1ccc(F)cc1Cl)N1CCCC(O)(CN2CCCC2)C1. The van der Waals surface area contributed by atoms with E-state index < -0.39 is 11.4 Å². The van der Waals surface area contributed by atoms with Crippen molar-refractivity contribution in [2.75, 3.05) is 32.7 Å². The monoisotopic (exact) mass is 354 g/mol. The molecule has 0 saturated carbocycles. The number of nitrogens with zero attached hydrogens (tertiary/aromatic N) is 2. The van der Waals surface area contributed by atoms with Crippen molar-refractivity contribution < 1.29 is 14.3 Å². The van der Waals surface area contributed by atoms with E-state index in [2.05, 4.69) is 4.90 Å². The molecule has 1 aromatic carbocycles. The van der Waals surface area contributed by atoms with Crippen LogP contribution in [0.2, 0.25) is 5.02 Å². The minimum atomic E-state index is -0.829. The van der Waals surface area contributed by atoms with E-state index >= 15 is 0 Å². The Labute approximate surface area is 147 Å². The Hall–Kier alpha value is -1.17. The van der Waals surface area contributed by atoms with Gasteiger partial charge in [-0.15, -0.1) is 0 Å². The molecule has 6 heteroatoms. The summed E-state index contributed by atoms with van der Waals surface area (Å²) in [5, 5.41) is 11.2. The lowest BCUT2D eigenvalue weighted by Crippen LogP contribution is -2.55. The Morgan fingerprint density at radius 1 is 1.25 bits per heavy atom. The number of benzene rings is 1. The Kier molecular flexibility index (Phi) is 5.42. The smallest absolute Gasteiger partial charge is 0.227 e. The van der Waals surface area contributed by atoms with Crippen LogP contribution in [0.5, 0.6) is 0 Å². The number of amides is 1. The van der Waals surface area contributed by atoms with Crippen LogP contribution in [0, 0.1) is 5.82 Å². The number of β-amino-alcohol motifs (C(OH)–C–C–N with tert-alkyl or cyclic N) is 1. The predicted octanol–water partition coefficient (Wildman–Crippen LogP) is 2.47. The van der Waals surface area contributed by atoms with Crippen LogP contribution in [-0.4, -0.2) is 59.1 Å². The van der Waals surface area contributed by atoms with E-state index in [0.29, 0.717) is 25.2 Å². The van der Waals surface area contributed by atoms with Gasteiger partial charge in [0.15, 0.2) is 0 Å². The topological polar surface area (TPSA) is 43.8 Å². The summed E-state index contributed by atoms with van der Waals surface area (Å²) < 4.78 is 13.1. The molecule has 2 heterocycles. The summed E-state index contributed by atoms with van der Waals surface area (Å²) in [7, 11) is 0. The average Bonchev–Trinajstić information content (AvgIpc) is 3.02. The number of carbonyl (C=O) groups is 1. The number of hydrogen-bond acceptors (Lipinski definition) is 3. The lowest BCUT2D eigenvalue weighted by Gasteiger charge is -2.41. The molecule has 24 heavy (non-hydrogen) atoms. The number of likely N-dealkylation sites (tertiary alicyclic amines) is 2. The van der Waals surface area contributed by atoms with E-state index in [0.717, 1.165) is 25.9 Å². The molecule has 1 N–H and O–H groups in total. The van der Waals surface area contributed by atoms with Crippen molar-refractivity contribution in [3.8, 4) is 0 Å². The van der Waals surface area contributed by atoms with Crippen LogP contribution in [0.3, 0.4) is 0 Å². The molecule has 1 amide bonds. The molecule has 1 aromatic rings. The average molecular weight is 355 g/mol. The number of rotatable bonds is 4. The van der Waals surface area contributed by atoms with E-state index in [-0.39, 0.29) is 17.4 Å². The number of piperidine rings is 1. The summed E-state index contributed by atoms with van der Waals surface area (Å²) in [5.41, 5.74) is -0.207. The molecule has 1 unspecified atom stereocenters. The van der Waals surface area contributed by atoms with Crippen LogP contribution < -0.4 is 0 Å². The van der Waals surface area contributed by atoms with Crippen molar-refractivity contribution in [3.63, 3.8) is 0 Å². The van der Waals surface area contributed by atoms with Crippen molar-refractivity contribution in [3.05, 3.63) is 34.6 Å². The molecule has 0 spiro atoms. The molecule has 1 atom stereocenters. The minimum Gasteiger partial charge on any atom is -0.387 e. The number of aliphatic hydroxyl groups is 1. The van der Waals surface area contributed by atoms with Crippen LogP contribution >= 0.6 is 11.6 Å². The molecule has 0 radical (unpaired) electrons. The third kappa shape index (κ3) is 4.26. The molecule has 0 bridgehead atoms. The summed E-state index contributed by atoms with van der Waals surface area (Å²) in [6.45, 7) is 3.71. The molecule has 0 aliphatic carbocycles. The third-order valence-electron chi connectivity index (χ3n) is 4.98. The van der Waals surface area contributed by atoms with E-state index in [1.54, 1.807) is 11.0 Å². The summed E-state index contributed by atoms with van der Waals surface area (Å²) in [5.74, 6) is -0.475. The molecular formula is C18H24ClFN2O2. The zero-order valence-electron chi connectivity index (χ0n) is 13.8. The normalized spacial score (nSPS) is 25.2. The Morgan fingerprint density at radius 3 is 2.71 bits per heavy atom. The van der Waals surface area contributed by atoms with Crippen LogP contribution in [0.1, 0.15) is 31.2 Å². The first-order valence-electron chi connectivity index (χ1n) is 8.62. The molecule has 0 aromatic heterocycles. The van der Waals surface area contributed by atoms with Gasteiger partial charge in [-0.25, -0.2) is 4.39 Å². The molecule has 2 aliphatic rings. The van der Waals surface area contributed by atoms with Gasteiger partial charge in [-0.05, 0) is 56.5 Å². The van der Waals surface area contributed by atoms with Gasteiger partial charge in [0.25, 0.3) is 0 Å². The first-order chi connectivity index (χ1) is 11.5. The largest absolute Gasteiger partial charge is 0.387 e. The fourth-order valence-electron chi connectivity index (χ4n) is 3.75. The zero-order valence-corrected chi connectivity index (χ0v) is 14.6.